The number of rotatable bonds is 4. The molecule has 122 valence electrons. The van der Waals surface area contributed by atoms with Crippen molar-refractivity contribution >= 4 is 34.8 Å². The molecule has 0 aliphatic rings. The Morgan fingerprint density at radius 2 is 1.92 bits per heavy atom. The minimum Gasteiger partial charge on any atom is -0.493 e. The summed E-state index contributed by atoms with van der Waals surface area (Å²) in [6.07, 6.45) is 1.65. The number of benzene rings is 2. The molecule has 2 aromatic carbocycles. The molecule has 0 radical (unpaired) electrons. The molecule has 24 heavy (non-hydrogen) atoms. The number of methoxy groups -OCH3 is 1. The summed E-state index contributed by atoms with van der Waals surface area (Å²) >= 11 is 11.9. The fourth-order valence-corrected chi connectivity index (χ4v) is 2.61. The zero-order chi connectivity index (χ0) is 17.1. The van der Waals surface area contributed by atoms with Gasteiger partial charge in [-0.15, -0.1) is 0 Å². The maximum atomic E-state index is 12.5. The molecular weight excluding hydrogens is 349 g/mol. The molecule has 0 aliphatic carbocycles. The Labute approximate surface area is 148 Å². The first-order valence-electron chi connectivity index (χ1n) is 7.04. The van der Waals surface area contributed by atoms with Crippen LogP contribution in [0.25, 0.3) is 5.69 Å². The molecule has 0 atom stereocenters. The SMILES string of the molecule is COc1cn(-c2ccccc2)nc1C(=O)Nc1ccc(Cl)cc1Cl. The first-order valence-corrected chi connectivity index (χ1v) is 7.79. The van der Waals surface area contributed by atoms with Gasteiger partial charge in [0.25, 0.3) is 5.91 Å². The van der Waals surface area contributed by atoms with Gasteiger partial charge in [-0.2, -0.15) is 5.10 Å². The Bertz CT molecular complexity index is 879. The molecule has 3 rings (SSSR count). The predicted molar refractivity (Wildman–Crippen MR) is 94.5 cm³/mol. The highest BCUT2D eigenvalue weighted by molar-refractivity contribution is 6.36. The summed E-state index contributed by atoms with van der Waals surface area (Å²) in [6.45, 7) is 0. The summed E-state index contributed by atoms with van der Waals surface area (Å²) in [4.78, 5) is 12.5. The highest BCUT2D eigenvalue weighted by Crippen LogP contribution is 2.27. The van der Waals surface area contributed by atoms with Crippen LogP contribution >= 0.6 is 23.2 Å². The third kappa shape index (κ3) is 3.37. The summed E-state index contributed by atoms with van der Waals surface area (Å²) in [5.41, 5.74) is 1.43. The monoisotopic (exact) mass is 361 g/mol. The molecule has 1 heterocycles. The van der Waals surface area contributed by atoms with Crippen LogP contribution in [0.4, 0.5) is 5.69 Å². The zero-order valence-electron chi connectivity index (χ0n) is 12.7. The lowest BCUT2D eigenvalue weighted by Crippen LogP contribution is -2.14. The molecule has 0 saturated carbocycles. The predicted octanol–water partition coefficient (Wildman–Crippen LogP) is 4.44. The van der Waals surface area contributed by atoms with Crippen LogP contribution in [0.3, 0.4) is 0 Å². The number of halogens is 2. The summed E-state index contributed by atoms with van der Waals surface area (Å²) < 4.78 is 6.84. The number of carbonyl (C=O) groups is 1. The van der Waals surface area contributed by atoms with E-state index in [2.05, 4.69) is 10.4 Å². The van der Waals surface area contributed by atoms with E-state index < -0.39 is 5.91 Å². The maximum absolute atomic E-state index is 12.5. The largest absolute Gasteiger partial charge is 0.493 e. The third-order valence-corrected chi connectivity index (χ3v) is 3.86. The molecule has 1 aromatic heterocycles. The van der Waals surface area contributed by atoms with Gasteiger partial charge in [0.1, 0.15) is 0 Å². The standard InChI is InChI=1S/C17H13Cl2N3O2/c1-24-15-10-22(12-5-3-2-4-6-12)21-16(15)17(23)20-14-8-7-11(18)9-13(14)19/h2-10H,1H3,(H,20,23). The van der Waals surface area contributed by atoms with Gasteiger partial charge in [0.2, 0.25) is 0 Å². The van der Waals surface area contributed by atoms with Gasteiger partial charge >= 0.3 is 0 Å². The van der Waals surface area contributed by atoms with E-state index in [4.69, 9.17) is 27.9 Å². The van der Waals surface area contributed by atoms with Crippen molar-refractivity contribution in [2.75, 3.05) is 12.4 Å². The molecule has 7 heteroatoms. The second-order valence-electron chi connectivity index (χ2n) is 4.90. The van der Waals surface area contributed by atoms with Crippen molar-refractivity contribution in [1.29, 1.82) is 0 Å². The lowest BCUT2D eigenvalue weighted by Gasteiger charge is -2.06. The number of nitrogens with zero attached hydrogens (tertiary/aromatic N) is 2. The van der Waals surface area contributed by atoms with E-state index >= 15 is 0 Å². The quantitative estimate of drug-likeness (QED) is 0.747. The van der Waals surface area contributed by atoms with Gasteiger partial charge in [0.05, 0.1) is 29.7 Å². The van der Waals surface area contributed by atoms with Crippen molar-refractivity contribution < 1.29 is 9.53 Å². The average molecular weight is 362 g/mol. The van der Waals surface area contributed by atoms with E-state index in [1.54, 1.807) is 29.1 Å². The number of aromatic nitrogens is 2. The van der Waals surface area contributed by atoms with E-state index in [9.17, 15) is 4.79 Å². The van der Waals surface area contributed by atoms with Gasteiger partial charge in [0, 0.05) is 5.02 Å². The van der Waals surface area contributed by atoms with Crippen LogP contribution in [0.1, 0.15) is 10.5 Å². The van der Waals surface area contributed by atoms with E-state index in [0.29, 0.717) is 21.5 Å². The number of amides is 1. The molecule has 5 nitrogen and oxygen atoms in total. The van der Waals surface area contributed by atoms with Gasteiger partial charge in [-0.3, -0.25) is 4.79 Å². The summed E-state index contributed by atoms with van der Waals surface area (Å²) in [7, 11) is 1.48. The van der Waals surface area contributed by atoms with Gasteiger partial charge in [-0.25, -0.2) is 4.68 Å². The summed E-state index contributed by atoms with van der Waals surface area (Å²) in [5, 5.41) is 7.85. The van der Waals surface area contributed by atoms with Crippen molar-refractivity contribution in [3.05, 3.63) is 70.5 Å². The Hall–Kier alpha value is -2.50. The topological polar surface area (TPSA) is 56.2 Å². The minimum atomic E-state index is -0.425. The van der Waals surface area contributed by atoms with Crippen molar-refractivity contribution in [2.45, 2.75) is 0 Å². The number of nitrogens with one attached hydrogen (secondary N) is 1. The van der Waals surface area contributed by atoms with Crippen LogP contribution in [0.2, 0.25) is 10.0 Å². The lowest BCUT2D eigenvalue weighted by molar-refractivity contribution is 0.101. The molecule has 1 N–H and O–H groups in total. The average Bonchev–Trinajstić information content (AvgIpc) is 3.02. The van der Waals surface area contributed by atoms with Crippen LogP contribution < -0.4 is 10.1 Å². The molecule has 3 aromatic rings. The van der Waals surface area contributed by atoms with Crippen LogP contribution in [0.15, 0.2) is 54.7 Å². The second-order valence-corrected chi connectivity index (χ2v) is 5.75. The maximum Gasteiger partial charge on any atom is 0.280 e. The van der Waals surface area contributed by atoms with Crippen LogP contribution in [0.5, 0.6) is 5.75 Å². The van der Waals surface area contributed by atoms with Crippen molar-refractivity contribution in [3.63, 3.8) is 0 Å². The minimum absolute atomic E-state index is 0.160. The van der Waals surface area contributed by atoms with Crippen molar-refractivity contribution in [1.82, 2.24) is 9.78 Å². The molecule has 0 spiro atoms. The summed E-state index contributed by atoms with van der Waals surface area (Å²) in [6, 6.07) is 14.3. The van der Waals surface area contributed by atoms with E-state index in [-0.39, 0.29) is 5.69 Å². The van der Waals surface area contributed by atoms with Crippen LogP contribution in [0, 0.1) is 0 Å². The van der Waals surface area contributed by atoms with Gasteiger partial charge in [-0.05, 0) is 30.3 Å². The number of hydrogen-bond acceptors (Lipinski definition) is 3. The lowest BCUT2D eigenvalue weighted by atomic mass is 10.3. The van der Waals surface area contributed by atoms with E-state index in [0.717, 1.165) is 5.69 Å². The first kappa shape index (κ1) is 16.4. The molecule has 0 bridgehead atoms. The Morgan fingerprint density at radius 3 is 2.58 bits per heavy atom. The highest BCUT2D eigenvalue weighted by atomic mass is 35.5. The fourth-order valence-electron chi connectivity index (χ4n) is 2.15. The Kier molecular flexibility index (Phi) is 4.74. The molecule has 0 fully saturated rings. The third-order valence-electron chi connectivity index (χ3n) is 3.32. The van der Waals surface area contributed by atoms with E-state index in [1.807, 2.05) is 30.3 Å². The molecular formula is C17H13Cl2N3O2. The molecule has 0 saturated heterocycles. The number of anilines is 1. The number of carbonyl (C=O) groups excluding carboxylic acids is 1. The van der Waals surface area contributed by atoms with Gasteiger partial charge in [-0.1, -0.05) is 41.4 Å². The van der Waals surface area contributed by atoms with Crippen LogP contribution in [-0.4, -0.2) is 22.8 Å². The second kappa shape index (κ2) is 6.95. The van der Waals surface area contributed by atoms with Gasteiger partial charge < -0.3 is 10.1 Å². The Morgan fingerprint density at radius 1 is 1.17 bits per heavy atom. The smallest absolute Gasteiger partial charge is 0.280 e. The van der Waals surface area contributed by atoms with Crippen molar-refractivity contribution in [2.24, 2.45) is 0 Å². The molecule has 1 amide bonds. The molecule has 0 unspecified atom stereocenters. The number of ether oxygens (including phenoxy) is 1. The van der Waals surface area contributed by atoms with Crippen molar-refractivity contribution in [3.8, 4) is 11.4 Å². The number of hydrogen-bond donors (Lipinski definition) is 1. The van der Waals surface area contributed by atoms with Gasteiger partial charge in [0.15, 0.2) is 11.4 Å². The van der Waals surface area contributed by atoms with E-state index in [1.165, 1.54) is 7.11 Å². The Balaban J connectivity index is 1.90. The summed E-state index contributed by atoms with van der Waals surface area (Å²) in [5.74, 6) is -0.0628. The van der Waals surface area contributed by atoms with Crippen LogP contribution in [-0.2, 0) is 0 Å². The number of para-hydroxylation sites is 1. The normalized spacial score (nSPS) is 10.5. The first-order chi connectivity index (χ1) is 11.6. The molecule has 0 aliphatic heterocycles. The zero-order valence-corrected chi connectivity index (χ0v) is 14.2. The highest BCUT2D eigenvalue weighted by Gasteiger charge is 2.19. The fraction of sp³-hybridized carbons (Fsp3) is 0.0588.